The van der Waals surface area contributed by atoms with E-state index >= 15 is 0 Å². The zero-order chi connectivity index (χ0) is 25.5. The Bertz CT molecular complexity index is 1480. The molecule has 2 aliphatic heterocycles. The molecular weight excluding hydrogens is 474 g/mol. The molecule has 1 saturated heterocycles. The first-order valence-electron chi connectivity index (χ1n) is 12.0. The Morgan fingerprint density at radius 3 is 2.89 bits per heavy atom. The molecule has 2 atom stereocenters. The van der Waals surface area contributed by atoms with Crippen molar-refractivity contribution < 1.29 is 24.2 Å². The predicted octanol–water partition coefficient (Wildman–Crippen LogP) is 2.91. The number of rotatable bonds is 2. The minimum absolute atomic E-state index is 0.00649. The molecule has 0 saturated carbocycles. The van der Waals surface area contributed by atoms with Crippen LogP contribution in [0.3, 0.4) is 0 Å². The SMILES string of the molecule is COc1ccc2cc1Oc1cc(ccc1O)CCC(=O)N[C@@H]1CN(C(=O)c3cn4cccnc4n3)C[C@@H]21. The minimum atomic E-state index is -0.301. The molecule has 6 rings (SSSR count). The lowest BCUT2D eigenvalue weighted by Gasteiger charge is -2.21. The smallest absolute Gasteiger partial charge is 0.274 e. The second kappa shape index (κ2) is 9.12. The van der Waals surface area contributed by atoms with Gasteiger partial charge in [0, 0.05) is 44.0 Å². The van der Waals surface area contributed by atoms with Crippen molar-refractivity contribution in [3.05, 3.63) is 77.9 Å². The molecule has 2 amide bonds. The molecule has 10 heteroatoms. The van der Waals surface area contributed by atoms with Gasteiger partial charge in [-0.25, -0.2) is 9.97 Å². The standard InChI is InChI=1S/C27H25N5O5/c1-36-22-7-5-17-12-24(22)37-23-11-16(3-6-21(23)33)4-8-25(34)29-19-14-32(13-18(17)19)26(35)20-15-31-10-2-9-28-27(31)30-20/h2-3,5-7,9-12,15,18-19,33H,4,8,13-14H2,1H3,(H,29,34)/t18-,19+/m0/s1. The number of nitrogens with one attached hydrogen (secondary N) is 1. The molecule has 2 aromatic heterocycles. The van der Waals surface area contributed by atoms with Crippen molar-refractivity contribution in [2.24, 2.45) is 0 Å². The normalized spacial score (nSPS) is 19.2. The zero-order valence-electron chi connectivity index (χ0n) is 20.1. The van der Waals surface area contributed by atoms with Crippen LogP contribution in [0.1, 0.15) is 34.0 Å². The summed E-state index contributed by atoms with van der Waals surface area (Å²) >= 11 is 0. The van der Waals surface area contributed by atoms with Crippen LogP contribution in [0, 0.1) is 0 Å². The number of hydrogen-bond donors (Lipinski definition) is 2. The zero-order valence-corrected chi connectivity index (χ0v) is 20.1. The summed E-state index contributed by atoms with van der Waals surface area (Å²) in [5.74, 6) is 1.15. The molecule has 188 valence electrons. The Morgan fingerprint density at radius 1 is 1.16 bits per heavy atom. The third kappa shape index (κ3) is 4.31. The van der Waals surface area contributed by atoms with Gasteiger partial charge in [-0.3, -0.25) is 14.0 Å². The van der Waals surface area contributed by atoms with E-state index in [0.717, 1.165) is 11.1 Å². The van der Waals surface area contributed by atoms with Gasteiger partial charge in [-0.2, -0.15) is 0 Å². The molecule has 0 unspecified atom stereocenters. The number of benzene rings is 2. The van der Waals surface area contributed by atoms with Gasteiger partial charge >= 0.3 is 0 Å². The van der Waals surface area contributed by atoms with Crippen LogP contribution in [0.25, 0.3) is 5.78 Å². The molecule has 0 spiro atoms. The number of phenolic OH excluding ortho intramolecular Hbond substituents is 1. The van der Waals surface area contributed by atoms with Crippen LogP contribution in [0.4, 0.5) is 0 Å². The van der Waals surface area contributed by atoms with Crippen molar-refractivity contribution in [2.75, 3.05) is 20.2 Å². The Balaban J connectivity index is 1.36. The summed E-state index contributed by atoms with van der Waals surface area (Å²) in [5, 5.41) is 13.5. The van der Waals surface area contributed by atoms with Crippen molar-refractivity contribution in [3.8, 4) is 23.0 Å². The second-order valence-electron chi connectivity index (χ2n) is 9.26. The third-order valence-corrected chi connectivity index (χ3v) is 6.91. The number of aromatic hydroxyl groups is 1. The molecule has 0 aliphatic carbocycles. The maximum absolute atomic E-state index is 13.4. The van der Waals surface area contributed by atoms with Crippen LogP contribution in [0.2, 0.25) is 0 Å². The number of amides is 2. The van der Waals surface area contributed by atoms with E-state index in [4.69, 9.17) is 9.47 Å². The minimum Gasteiger partial charge on any atom is -0.504 e. The quantitative estimate of drug-likeness (QED) is 0.435. The highest BCUT2D eigenvalue weighted by molar-refractivity contribution is 5.93. The van der Waals surface area contributed by atoms with Crippen molar-refractivity contribution >= 4 is 17.6 Å². The summed E-state index contributed by atoms with van der Waals surface area (Å²) in [4.78, 5) is 36.6. The van der Waals surface area contributed by atoms with E-state index in [-0.39, 0.29) is 41.7 Å². The first-order valence-corrected chi connectivity index (χ1v) is 12.0. The number of carbonyl (C=O) groups excluding carboxylic acids is 2. The van der Waals surface area contributed by atoms with E-state index in [1.54, 1.807) is 65.3 Å². The van der Waals surface area contributed by atoms with Gasteiger partial charge in [0.1, 0.15) is 5.69 Å². The Morgan fingerprint density at radius 2 is 2.05 bits per heavy atom. The van der Waals surface area contributed by atoms with Gasteiger partial charge in [-0.1, -0.05) is 12.1 Å². The van der Waals surface area contributed by atoms with Gasteiger partial charge in [0.15, 0.2) is 23.0 Å². The fraction of sp³-hybridized carbons (Fsp3) is 0.259. The number of ether oxygens (including phenoxy) is 2. The number of aryl methyl sites for hydroxylation is 1. The van der Waals surface area contributed by atoms with E-state index in [1.807, 2.05) is 12.1 Å². The van der Waals surface area contributed by atoms with Gasteiger partial charge < -0.3 is 24.8 Å². The summed E-state index contributed by atoms with van der Waals surface area (Å²) in [5.41, 5.74) is 2.03. The molecule has 0 radical (unpaired) electrons. The van der Waals surface area contributed by atoms with Crippen LogP contribution in [-0.2, 0) is 11.2 Å². The van der Waals surface area contributed by atoms with Crippen LogP contribution in [0.5, 0.6) is 23.0 Å². The number of nitrogens with zero attached hydrogens (tertiary/aromatic N) is 4. The lowest BCUT2D eigenvalue weighted by Crippen LogP contribution is -2.40. The Labute approximate surface area is 212 Å². The monoisotopic (exact) mass is 499 g/mol. The van der Waals surface area contributed by atoms with Crippen LogP contribution >= 0.6 is 0 Å². The van der Waals surface area contributed by atoms with E-state index in [9.17, 15) is 14.7 Å². The highest BCUT2D eigenvalue weighted by Crippen LogP contribution is 2.40. The second-order valence-corrected chi connectivity index (χ2v) is 9.26. The predicted molar refractivity (Wildman–Crippen MR) is 133 cm³/mol. The molecule has 2 aromatic carbocycles. The van der Waals surface area contributed by atoms with Crippen molar-refractivity contribution in [2.45, 2.75) is 24.8 Å². The molecule has 1 fully saturated rings. The molecule has 4 bridgehead atoms. The summed E-state index contributed by atoms with van der Waals surface area (Å²) in [6.45, 7) is 0.725. The first-order chi connectivity index (χ1) is 18.0. The van der Waals surface area contributed by atoms with Crippen LogP contribution < -0.4 is 14.8 Å². The molecule has 10 nitrogen and oxygen atoms in total. The van der Waals surface area contributed by atoms with Gasteiger partial charge in [0.2, 0.25) is 11.7 Å². The number of phenols is 1. The first kappa shape index (κ1) is 22.8. The average molecular weight is 500 g/mol. The van der Waals surface area contributed by atoms with E-state index in [2.05, 4.69) is 15.3 Å². The highest BCUT2D eigenvalue weighted by Gasteiger charge is 2.38. The molecular formula is C27H25N5O5. The number of methoxy groups -OCH3 is 1. The van der Waals surface area contributed by atoms with Crippen molar-refractivity contribution in [1.29, 1.82) is 0 Å². The van der Waals surface area contributed by atoms with Crippen molar-refractivity contribution in [1.82, 2.24) is 24.6 Å². The number of aromatic nitrogens is 3. The summed E-state index contributed by atoms with van der Waals surface area (Å²) in [6, 6.07) is 12.1. The Hall–Kier alpha value is -4.60. The summed E-state index contributed by atoms with van der Waals surface area (Å²) < 4.78 is 13.3. The number of imidazole rings is 1. The van der Waals surface area contributed by atoms with E-state index < -0.39 is 0 Å². The number of hydrogen-bond acceptors (Lipinski definition) is 7. The Kier molecular flexibility index (Phi) is 5.63. The summed E-state index contributed by atoms with van der Waals surface area (Å²) in [6.07, 6.45) is 5.82. The maximum atomic E-state index is 13.4. The van der Waals surface area contributed by atoms with Gasteiger partial charge in [0.25, 0.3) is 5.91 Å². The number of likely N-dealkylation sites (tertiary alicyclic amines) is 1. The van der Waals surface area contributed by atoms with Crippen LogP contribution in [-0.4, -0.2) is 62.4 Å². The fourth-order valence-corrected chi connectivity index (χ4v) is 5.00. The lowest BCUT2D eigenvalue weighted by molar-refractivity contribution is -0.121. The average Bonchev–Trinajstić information content (AvgIpc) is 3.53. The summed E-state index contributed by atoms with van der Waals surface area (Å²) in [7, 11) is 1.55. The molecule has 37 heavy (non-hydrogen) atoms. The number of carbonyl (C=O) groups is 2. The van der Waals surface area contributed by atoms with Crippen molar-refractivity contribution in [3.63, 3.8) is 0 Å². The van der Waals surface area contributed by atoms with E-state index in [1.165, 1.54) is 0 Å². The van der Waals surface area contributed by atoms with Gasteiger partial charge in [-0.05, 0) is 47.9 Å². The number of fused-ring (bicyclic) bond motifs is 7. The largest absolute Gasteiger partial charge is 0.504 e. The fourth-order valence-electron chi connectivity index (χ4n) is 5.00. The highest BCUT2D eigenvalue weighted by atomic mass is 16.5. The topological polar surface area (TPSA) is 118 Å². The molecule has 2 aliphatic rings. The van der Waals surface area contributed by atoms with Gasteiger partial charge in [-0.15, -0.1) is 0 Å². The maximum Gasteiger partial charge on any atom is 0.274 e. The lowest BCUT2D eigenvalue weighted by atomic mass is 9.93. The van der Waals surface area contributed by atoms with Crippen LogP contribution in [0.15, 0.2) is 61.1 Å². The van der Waals surface area contributed by atoms with E-state index in [0.29, 0.717) is 42.5 Å². The molecule has 4 aromatic rings. The molecule has 4 heterocycles. The van der Waals surface area contributed by atoms with Gasteiger partial charge in [0.05, 0.1) is 13.2 Å². The molecule has 2 N–H and O–H groups in total. The third-order valence-electron chi connectivity index (χ3n) is 6.91.